The first-order valence-corrected chi connectivity index (χ1v) is 12.3. The number of anilines is 3. The zero-order valence-electron chi connectivity index (χ0n) is 20.6. The number of rotatable bonds is 4. The molecule has 3 aromatic rings. The molecule has 1 aromatic carbocycles. The second-order valence-corrected chi connectivity index (χ2v) is 9.54. The Bertz CT molecular complexity index is 1330. The standard InChI is InChI=1S/C27H29F2N7O/c1-19-9-12-35(24-16-23(32-33-26(24)30)22-6-2-3-7-25(22)37)13-14-36(19)21-8-10-31-20(15-21)5-4-11-34-17-27(28,29)18-34/h2-3,6-8,10,15-16,19,37H,9,11-14,17-18H2,1H3,(H2,30,33). The van der Waals surface area contributed by atoms with E-state index in [1.807, 2.05) is 24.3 Å². The summed E-state index contributed by atoms with van der Waals surface area (Å²) in [4.78, 5) is 10.5. The molecule has 5 rings (SSSR count). The second-order valence-electron chi connectivity index (χ2n) is 9.54. The van der Waals surface area contributed by atoms with E-state index in [-0.39, 0.29) is 24.9 Å². The van der Waals surface area contributed by atoms with E-state index >= 15 is 0 Å². The molecule has 10 heteroatoms. The van der Waals surface area contributed by atoms with Crippen LogP contribution < -0.4 is 15.5 Å². The Hall–Kier alpha value is -3.97. The number of para-hydroxylation sites is 1. The van der Waals surface area contributed by atoms with Crippen molar-refractivity contribution in [3.05, 3.63) is 54.4 Å². The van der Waals surface area contributed by atoms with Gasteiger partial charge in [-0.25, -0.2) is 13.8 Å². The molecule has 0 amide bonds. The Morgan fingerprint density at radius 2 is 1.92 bits per heavy atom. The van der Waals surface area contributed by atoms with Crippen LogP contribution in [0.5, 0.6) is 5.75 Å². The van der Waals surface area contributed by atoms with Crippen molar-refractivity contribution in [3.8, 4) is 28.8 Å². The minimum Gasteiger partial charge on any atom is -0.507 e. The van der Waals surface area contributed by atoms with E-state index in [9.17, 15) is 13.9 Å². The van der Waals surface area contributed by atoms with Gasteiger partial charge in [-0.1, -0.05) is 18.1 Å². The summed E-state index contributed by atoms with van der Waals surface area (Å²) < 4.78 is 26.0. The highest BCUT2D eigenvalue weighted by Gasteiger charge is 2.43. The van der Waals surface area contributed by atoms with Crippen LogP contribution in [0, 0.1) is 11.8 Å². The number of benzene rings is 1. The van der Waals surface area contributed by atoms with Gasteiger partial charge >= 0.3 is 0 Å². The van der Waals surface area contributed by atoms with Crippen molar-refractivity contribution in [2.45, 2.75) is 25.3 Å². The first-order valence-electron chi connectivity index (χ1n) is 12.3. The SMILES string of the molecule is CC1CCN(c2cc(-c3ccccc3O)nnc2N)CCN1c1ccnc(C#CCN2CC(F)(F)C2)c1. The summed E-state index contributed by atoms with van der Waals surface area (Å²) in [7, 11) is 0. The van der Waals surface area contributed by atoms with E-state index in [0.29, 0.717) is 35.9 Å². The largest absolute Gasteiger partial charge is 0.507 e. The molecule has 0 aliphatic carbocycles. The summed E-state index contributed by atoms with van der Waals surface area (Å²) in [6.07, 6.45) is 2.62. The maximum Gasteiger partial charge on any atom is 0.273 e. The van der Waals surface area contributed by atoms with Gasteiger partial charge in [0.2, 0.25) is 0 Å². The second kappa shape index (κ2) is 10.2. The molecular weight excluding hydrogens is 476 g/mol. The van der Waals surface area contributed by atoms with Crippen molar-refractivity contribution in [3.63, 3.8) is 0 Å². The molecule has 2 saturated heterocycles. The lowest BCUT2D eigenvalue weighted by Gasteiger charge is -2.37. The van der Waals surface area contributed by atoms with Crippen LogP contribution in [-0.2, 0) is 0 Å². The molecule has 0 bridgehead atoms. The summed E-state index contributed by atoms with van der Waals surface area (Å²) in [6.45, 7) is 4.26. The molecule has 1 atom stereocenters. The maximum atomic E-state index is 13.0. The highest BCUT2D eigenvalue weighted by molar-refractivity contribution is 5.74. The van der Waals surface area contributed by atoms with Crippen LogP contribution in [0.3, 0.4) is 0 Å². The van der Waals surface area contributed by atoms with Crippen LogP contribution in [0.2, 0.25) is 0 Å². The van der Waals surface area contributed by atoms with Gasteiger partial charge in [0, 0.05) is 43.1 Å². The lowest BCUT2D eigenvalue weighted by molar-refractivity contribution is -0.125. The predicted molar refractivity (Wildman–Crippen MR) is 140 cm³/mol. The van der Waals surface area contributed by atoms with Crippen molar-refractivity contribution in [1.29, 1.82) is 0 Å². The highest BCUT2D eigenvalue weighted by Crippen LogP contribution is 2.32. The molecule has 192 valence electrons. The third kappa shape index (κ3) is 5.57. The van der Waals surface area contributed by atoms with Gasteiger partial charge < -0.3 is 20.6 Å². The molecule has 4 heterocycles. The number of nitrogens with zero attached hydrogens (tertiary/aromatic N) is 6. The average Bonchev–Trinajstić information content (AvgIpc) is 3.05. The zero-order chi connectivity index (χ0) is 26.0. The van der Waals surface area contributed by atoms with Crippen LogP contribution >= 0.6 is 0 Å². The Balaban J connectivity index is 1.29. The van der Waals surface area contributed by atoms with Gasteiger partial charge in [-0.3, -0.25) is 4.90 Å². The summed E-state index contributed by atoms with van der Waals surface area (Å²) in [5, 5.41) is 18.6. The molecule has 2 aliphatic rings. The minimum atomic E-state index is -2.58. The fourth-order valence-electron chi connectivity index (χ4n) is 4.78. The highest BCUT2D eigenvalue weighted by atomic mass is 19.3. The number of nitrogen functional groups attached to an aromatic ring is 1. The molecule has 0 spiro atoms. The molecule has 0 radical (unpaired) electrons. The molecular formula is C27H29F2N7O. The molecule has 37 heavy (non-hydrogen) atoms. The number of pyridine rings is 1. The van der Waals surface area contributed by atoms with E-state index in [1.54, 1.807) is 29.3 Å². The molecule has 2 aliphatic heterocycles. The Labute approximate surface area is 214 Å². The summed E-state index contributed by atoms with van der Waals surface area (Å²) >= 11 is 0. The lowest BCUT2D eigenvalue weighted by atomic mass is 10.1. The fraction of sp³-hybridized carbons (Fsp3) is 0.370. The molecule has 0 saturated carbocycles. The maximum absolute atomic E-state index is 13.0. The van der Waals surface area contributed by atoms with Gasteiger partial charge in [0.05, 0.1) is 31.0 Å². The van der Waals surface area contributed by atoms with Gasteiger partial charge in [-0.2, -0.15) is 0 Å². The van der Waals surface area contributed by atoms with E-state index in [1.165, 1.54) is 0 Å². The zero-order valence-corrected chi connectivity index (χ0v) is 20.6. The molecule has 2 aromatic heterocycles. The van der Waals surface area contributed by atoms with Crippen molar-refractivity contribution >= 4 is 17.2 Å². The molecule has 3 N–H and O–H groups in total. The van der Waals surface area contributed by atoms with Gasteiger partial charge in [-0.15, -0.1) is 10.2 Å². The predicted octanol–water partition coefficient (Wildman–Crippen LogP) is 3.23. The third-order valence-electron chi connectivity index (χ3n) is 6.79. The Morgan fingerprint density at radius 3 is 2.70 bits per heavy atom. The number of hydrogen-bond donors (Lipinski definition) is 2. The van der Waals surface area contributed by atoms with Gasteiger partial charge in [-0.05, 0) is 49.6 Å². The number of halogens is 2. The summed E-state index contributed by atoms with van der Waals surface area (Å²) in [5.74, 6) is 3.88. The van der Waals surface area contributed by atoms with Crippen molar-refractivity contribution in [1.82, 2.24) is 20.1 Å². The Kier molecular flexibility index (Phi) is 6.80. The smallest absolute Gasteiger partial charge is 0.273 e. The van der Waals surface area contributed by atoms with Crippen LogP contribution in [0.1, 0.15) is 19.0 Å². The van der Waals surface area contributed by atoms with Crippen LogP contribution in [0.15, 0.2) is 48.7 Å². The number of likely N-dealkylation sites (tertiary alicyclic amines) is 1. The average molecular weight is 506 g/mol. The topological polar surface area (TPSA) is 94.6 Å². The van der Waals surface area contributed by atoms with Crippen LogP contribution in [0.4, 0.5) is 26.0 Å². The first kappa shape index (κ1) is 24.7. The number of phenols is 1. The number of nitrogens with two attached hydrogens (primary N) is 1. The van der Waals surface area contributed by atoms with E-state index in [2.05, 4.69) is 43.7 Å². The first-order chi connectivity index (χ1) is 17.8. The quantitative estimate of drug-likeness (QED) is 0.522. The van der Waals surface area contributed by atoms with Crippen molar-refractivity contribution in [2.75, 3.05) is 54.8 Å². The van der Waals surface area contributed by atoms with Crippen molar-refractivity contribution < 1.29 is 13.9 Å². The van der Waals surface area contributed by atoms with Crippen molar-refractivity contribution in [2.24, 2.45) is 0 Å². The Morgan fingerprint density at radius 1 is 1.11 bits per heavy atom. The monoisotopic (exact) mass is 505 g/mol. The number of hydrogen-bond acceptors (Lipinski definition) is 8. The molecule has 1 unspecified atom stereocenters. The number of aromatic hydroxyl groups is 1. The minimum absolute atomic E-state index is 0.141. The lowest BCUT2D eigenvalue weighted by Crippen LogP contribution is -2.55. The molecule has 2 fully saturated rings. The molecule has 8 nitrogen and oxygen atoms in total. The third-order valence-corrected chi connectivity index (χ3v) is 6.79. The van der Waals surface area contributed by atoms with E-state index in [4.69, 9.17) is 5.73 Å². The summed E-state index contributed by atoms with van der Waals surface area (Å²) in [6, 6.07) is 13.1. The van der Waals surface area contributed by atoms with E-state index < -0.39 is 5.92 Å². The fourth-order valence-corrected chi connectivity index (χ4v) is 4.78. The van der Waals surface area contributed by atoms with Crippen LogP contribution in [0.25, 0.3) is 11.3 Å². The number of phenolic OH excluding ortho intramolecular Hbond substituents is 1. The normalized spacial score (nSPS) is 19.5. The van der Waals surface area contributed by atoms with E-state index in [0.717, 1.165) is 30.9 Å². The van der Waals surface area contributed by atoms with Gasteiger partial charge in [0.15, 0.2) is 5.82 Å². The van der Waals surface area contributed by atoms with Gasteiger partial charge in [0.1, 0.15) is 11.4 Å². The van der Waals surface area contributed by atoms with Crippen LogP contribution in [-0.4, -0.2) is 76.4 Å². The number of alkyl halides is 2. The summed E-state index contributed by atoms with van der Waals surface area (Å²) in [5.41, 5.74) is 9.82. The van der Waals surface area contributed by atoms with Gasteiger partial charge in [0.25, 0.3) is 5.92 Å². The number of aromatic nitrogens is 3.